The number of hydrogen-bond acceptors (Lipinski definition) is 4. The van der Waals surface area contributed by atoms with E-state index in [-0.39, 0.29) is 5.91 Å². The van der Waals surface area contributed by atoms with E-state index >= 15 is 0 Å². The maximum atomic E-state index is 11.8. The van der Waals surface area contributed by atoms with E-state index in [0.717, 1.165) is 58.7 Å². The first kappa shape index (κ1) is 17.9. The van der Waals surface area contributed by atoms with E-state index in [1.807, 2.05) is 4.90 Å². The maximum Gasteiger partial charge on any atom is 0.232 e. The highest BCUT2D eigenvalue weighted by Gasteiger charge is 2.20. The molecule has 0 aromatic heterocycles. The molecule has 1 amide bonds. The van der Waals surface area contributed by atoms with Crippen LogP contribution in [-0.2, 0) is 11.3 Å². The molecule has 24 heavy (non-hydrogen) atoms. The first-order valence-corrected chi connectivity index (χ1v) is 10.3. The third kappa shape index (κ3) is 4.61. The first-order valence-electron chi connectivity index (χ1n) is 8.81. The number of hydrogen-bond donors (Lipinski definition) is 1. The second kappa shape index (κ2) is 8.49. The zero-order chi connectivity index (χ0) is 16.9. The summed E-state index contributed by atoms with van der Waals surface area (Å²) in [6, 6.07) is 9.32. The summed E-state index contributed by atoms with van der Waals surface area (Å²) in [6.07, 6.45) is 2.22. The molecular weight excluding hydrogens is 415 g/mol. The molecule has 2 saturated heterocycles. The molecule has 2 aliphatic heterocycles. The number of piperidine rings is 1. The summed E-state index contributed by atoms with van der Waals surface area (Å²) < 4.78 is 0.577. The number of benzene rings is 1. The third-order valence-electron chi connectivity index (χ3n) is 5.09. The molecule has 2 N–H and O–H groups in total. The van der Waals surface area contributed by atoms with Crippen molar-refractivity contribution in [2.24, 2.45) is 5.73 Å². The van der Waals surface area contributed by atoms with E-state index in [0.29, 0.717) is 10.5 Å². The number of rotatable bonds is 4. The molecule has 0 aliphatic carbocycles. The van der Waals surface area contributed by atoms with E-state index in [1.54, 1.807) is 0 Å². The van der Waals surface area contributed by atoms with Gasteiger partial charge in [0.1, 0.15) is 0 Å². The van der Waals surface area contributed by atoms with Gasteiger partial charge in [0.2, 0.25) is 5.91 Å². The van der Waals surface area contributed by atoms with Crippen molar-refractivity contribution in [2.75, 3.05) is 48.6 Å². The average molecular weight is 442 g/mol. The first-order chi connectivity index (χ1) is 11.7. The van der Waals surface area contributed by atoms with Crippen molar-refractivity contribution in [3.05, 3.63) is 29.8 Å². The fraction of sp³-hybridized carbons (Fsp3) is 0.611. The van der Waals surface area contributed by atoms with Crippen molar-refractivity contribution in [3.63, 3.8) is 0 Å². The van der Waals surface area contributed by atoms with Crippen molar-refractivity contribution in [2.45, 2.75) is 25.4 Å². The van der Waals surface area contributed by atoms with Crippen LogP contribution in [0.4, 0.5) is 5.69 Å². The SMILES string of the molecule is NC1CCN(Cc2ccc(N3CCN(C(=O)CI)CC3)cc2)CC1. The van der Waals surface area contributed by atoms with E-state index in [4.69, 9.17) is 5.73 Å². The van der Waals surface area contributed by atoms with Crippen LogP contribution >= 0.6 is 22.6 Å². The Balaban J connectivity index is 1.51. The highest BCUT2D eigenvalue weighted by molar-refractivity contribution is 14.1. The van der Waals surface area contributed by atoms with Gasteiger partial charge in [0.05, 0.1) is 4.43 Å². The number of carbonyl (C=O) groups excluding carboxylic acids is 1. The van der Waals surface area contributed by atoms with Gasteiger partial charge in [-0.1, -0.05) is 34.7 Å². The predicted octanol–water partition coefficient (Wildman–Crippen LogP) is 1.69. The summed E-state index contributed by atoms with van der Waals surface area (Å²) in [4.78, 5) is 18.6. The Kier molecular flexibility index (Phi) is 6.35. The Labute approximate surface area is 158 Å². The second-order valence-electron chi connectivity index (χ2n) is 6.78. The molecule has 0 atom stereocenters. The van der Waals surface area contributed by atoms with Crippen LogP contribution in [0.25, 0.3) is 0 Å². The van der Waals surface area contributed by atoms with Crippen LogP contribution in [0.5, 0.6) is 0 Å². The van der Waals surface area contributed by atoms with Gasteiger partial charge in [-0.25, -0.2) is 0 Å². The van der Waals surface area contributed by atoms with Gasteiger partial charge in [-0.3, -0.25) is 9.69 Å². The lowest BCUT2D eigenvalue weighted by Crippen LogP contribution is -2.49. The molecule has 0 saturated carbocycles. The van der Waals surface area contributed by atoms with Gasteiger partial charge in [0.25, 0.3) is 0 Å². The number of piperazine rings is 1. The Morgan fingerprint density at radius 3 is 2.25 bits per heavy atom. The number of carbonyl (C=O) groups is 1. The minimum absolute atomic E-state index is 0.256. The summed E-state index contributed by atoms with van der Waals surface area (Å²) in [6.45, 7) is 6.74. The zero-order valence-electron chi connectivity index (χ0n) is 14.2. The summed E-state index contributed by atoms with van der Waals surface area (Å²) >= 11 is 2.14. The van der Waals surface area contributed by atoms with Crippen LogP contribution in [0.3, 0.4) is 0 Å². The molecule has 0 bridgehead atoms. The average Bonchev–Trinajstić information content (AvgIpc) is 2.64. The van der Waals surface area contributed by atoms with Gasteiger partial charge >= 0.3 is 0 Å². The summed E-state index contributed by atoms with van der Waals surface area (Å²) in [5, 5.41) is 0. The number of likely N-dealkylation sites (tertiary alicyclic amines) is 1. The molecule has 1 aromatic carbocycles. The number of anilines is 1. The van der Waals surface area contributed by atoms with Crippen molar-refractivity contribution in [1.29, 1.82) is 0 Å². The van der Waals surface area contributed by atoms with Crippen LogP contribution in [0.2, 0.25) is 0 Å². The van der Waals surface area contributed by atoms with Crippen LogP contribution in [0.1, 0.15) is 18.4 Å². The Morgan fingerprint density at radius 2 is 1.67 bits per heavy atom. The van der Waals surface area contributed by atoms with Crippen molar-refractivity contribution in [1.82, 2.24) is 9.80 Å². The molecule has 6 heteroatoms. The lowest BCUT2D eigenvalue weighted by molar-refractivity contribution is -0.128. The summed E-state index contributed by atoms with van der Waals surface area (Å²) in [5.41, 5.74) is 8.61. The van der Waals surface area contributed by atoms with Crippen molar-refractivity contribution < 1.29 is 4.79 Å². The highest BCUT2D eigenvalue weighted by atomic mass is 127. The quantitative estimate of drug-likeness (QED) is 0.570. The summed E-state index contributed by atoms with van der Waals surface area (Å²) in [5.74, 6) is 0.256. The fourth-order valence-electron chi connectivity index (χ4n) is 3.48. The highest BCUT2D eigenvalue weighted by Crippen LogP contribution is 2.19. The van der Waals surface area contributed by atoms with Crippen LogP contribution in [0.15, 0.2) is 24.3 Å². The van der Waals surface area contributed by atoms with Crippen molar-refractivity contribution in [3.8, 4) is 0 Å². The van der Waals surface area contributed by atoms with Gasteiger partial charge in [0.15, 0.2) is 0 Å². The smallest absolute Gasteiger partial charge is 0.232 e. The monoisotopic (exact) mass is 442 g/mol. The number of nitrogens with two attached hydrogens (primary N) is 1. The number of nitrogens with zero attached hydrogens (tertiary/aromatic N) is 3. The molecule has 2 aliphatic rings. The standard InChI is InChI=1S/C18H27IN4O/c19-13-18(24)23-11-9-22(10-12-23)17-3-1-15(2-4-17)14-21-7-5-16(20)6-8-21/h1-4,16H,5-14,20H2. The largest absolute Gasteiger partial charge is 0.368 e. The lowest BCUT2D eigenvalue weighted by atomic mass is 10.1. The minimum Gasteiger partial charge on any atom is -0.368 e. The molecule has 2 heterocycles. The number of alkyl halides is 1. The molecule has 0 unspecified atom stereocenters. The molecule has 0 spiro atoms. The van der Waals surface area contributed by atoms with Crippen molar-refractivity contribution >= 4 is 34.2 Å². The normalized spacial score (nSPS) is 20.4. The topological polar surface area (TPSA) is 52.8 Å². The van der Waals surface area contributed by atoms with E-state index < -0.39 is 0 Å². The Morgan fingerprint density at radius 1 is 1.04 bits per heavy atom. The molecule has 3 rings (SSSR count). The van der Waals surface area contributed by atoms with Gasteiger partial charge in [0, 0.05) is 44.5 Å². The number of halogens is 1. The third-order valence-corrected chi connectivity index (χ3v) is 5.74. The van der Waals surface area contributed by atoms with Crippen LogP contribution in [-0.4, -0.2) is 65.4 Å². The second-order valence-corrected chi connectivity index (χ2v) is 7.54. The van der Waals surface area contributed by atoms with Gasteiger partial charge < -0.3 is 15.5 Å². The molecule has 5 nitrogen and oxygen atoms in total. The molecule has 0 radical (unpaired) electrons. The Hall–Kier alpha value is -0.860. The van der Waals surface area contributed by atoms with E-state index in [1.165, 1.54) is 11.3 Å². The van der Waals surface area contributed by atoms with E-state index in [9.17, 15) is 4.79 Å². The summed E-state index contributed by atoms with van der Waals surface area (Å²) in [7, 11) is 0. The predicted molar refractivity (Wildman–Crippen MR) is 107 cm³/mol. The van der Waals surface area contributed by atoms with Gasteiger partial charge in [-0.15, -0.1) is 0 Å². The molecule has 2 fully saturated rings. The van der Waals surface area contributed by atoms with E-state index in [2.05, 4.69) is 56.7 Å². The molecule has 1 aromatic rings. The Bertz CT molecular complexity index is 534. The van der Waals surface area contributed by atoms with Crippen LogP contribution < -0.4 is 10.6 Å². The fourth-order valence-corrected chi connectivity index (χ4v) is 3.96. The van der Waals surface area contributed by atoms with Crippen LogP contribution in [0, 0.1) is 0 Å². The lowest BCUT2D eigenvalue weighted by Gasteiger charge is -2.36. The minimum atomic E-state index is 0.256. The maximum absolute atomic E-state index is 11.8. The number of amides is 1. The zero-order valence-corrected chi connectivity index (χ0v) is 16.3. The molecular formula is C18H27IN4O. The molecule has 132 valence electrons. The van der Waals surface area contributed by atoms with Gasteiger partial charge in [-0.2, -0.15) is 0 Å². The van der Waals surface area contributed by atoms with Gasteiger partial charge in [-0.05, 0) is 43.6 Å².